The highest BCUT2D eigenvalue weighted by Crippen LogP contribution is 2.27. The predicted octanol–water partition coefficient (Wildman–Crippen LogP) is 1.20. The van der Waals surface area contributed by atoms with Crippen molar-refractivity contribution in [3.8, 4) is 0 Å². The van der Waals surface area contributed by atoms with Gasteiger partial charge in [-0.05, 0) is 37.0 Å². The van der Waals surface area contributed by atoms with E-state index in [4.69, 9.17) is 11.5 Å². The van der Waals surface area contributed by atoms with Crippen LogP contribution in [0.25, 0.3) is 0 Å². The lowest BCUT2D eigenvalue weighted by Gasteiger charge is -2.22. The number of nitrogens with two attached hydrogens (primary N) is 2. The van der Waals surface area contributed by atoms with Gasteiger partial charge in [-0.1, -0.05) is 25.0 Å². The fraction of sp³-hybridized carbons (Fsp3) is 0.500. The Kier molecular flexibility index (Phi) is 3.87. The maximum absolute atomic E-state index is 12.0. The number of carbonyl (C=O) groups is 1. The molecule has 1 aliphatic carbocycles. The van der Waals surface area contributed by atoms with Gasteiger partial charge in [-0.25, -0.2) is 0 Å². The van der Waals surface area contributed by atoms with Gasteiger partial charge in [0, 0.05) is 12.2 Å². The van der Waals surface area contributed by atoms with E-state index in [2.05, 4.69) is 5.32 Å². The molecule has 0 unspecified atom stereocenters. The van der Waals surface area contributed by atoms with E-state index in [0.717, 1.165) is 37.8 Å². The minimum atomic E-state index is -0.624. The molecule has 0 heterocycles. The third kappa shape index (κ3) is 3.01. The van der Waals surface area contributed by atoms with E-state index in [1.165, 1.54) is 5.56 Å². The molecular weight excluding hydrogens is 226 g/mol. The highest BCUT2D eigenvalue weighted by atomic mass is 16.2. The zero-order valence-electron chi connectivity index (χ0n) is 10.6. The van der Waals surface area contributed by atoms with Gasteiger partial charge in [-0.15, -0.1) is 0 Å². The van der Waals surface area contributed by atoms with Crippen LogP contribution >= 0.6 is 0 Å². The first-order chi connectivity index (χ1) is 8.60. The summed E-state index contributed by atoms with van der Waals surface area (Å²) in [4.78, 5) is 12.0. The number of hydrogen-bond donors (Lipinski definition) is 3. The molecule has 98 valence electrons. The molecule has 1 saturated carbocycles. The average molecular weight is 247 g/mol. The molecule has 1 aromatic carbocycles. The Bertz CT molecular complexity index is 408. The monoisotopic (exact) mass is 247 g/mol. The second-order valence-corrected chi connectivity index (χ2v) is 5.11. The van der Waals surface area contributed by atoms with Crippen LogP contribution in [0.3, 0.4) is 0 Å². The number of carbonyl (C=O) groups excluding carboxylic acids is 1. The molecule has 0 spiro atoms. The molecule has 1 fully saturated rings. The quantitative estimate of drug-likeness (QED) is 0.699. The molecule has 18 heavy (non-hydrogen) atoms. The van der Waals surface area contributed by atoms with E-state index in [1.807, 2.05) is 24.3 Å². The third-order valence-electron chi connectivity index (χ3n) is 3.63. The van der Waals surface area contributed by atoms with Crippen molar-refractivity contribution in [2.75, 3.05) is 12.3 Å². The van der Waals surface area contributed by atoms with E-state index in [1.54, 1.807) is 0 Å². The molecule has 1 aromatic rings. The molecule has 0 bridgehead atoms. The number of hydrogen-bond acceptors (Lipinski definition) is 3. The van der Waals surface area contributed by atoms with E-state index in [9.17, 15) is 4.79 Å². The Hall–Kier alpha value is -1.55. The standard InChI is InChI=1S/C14H21N3O/c15-12-5-3-11(4-6-12)7-10-17-13(18)14(16)8-1-2-9-14/h3-6H,1-2,7-10,15-16H2,(H,17,18). The van der Waals surface area contributed by atoms with Gasteiger partial charge in [0.1, 0.15) is 0 Å². The summed E-state index contributed by atoms with van der Waals surface area (Å²) >= 11 is 0. The largest absolute Gasteiger partial charge is 0.399 e. The van der Waals surface area contributed by atoms with E-state index in [-0.39, 0.29) is 5.91 Å². The first-order valence-corrected chi connectivity index (χ1v) is 6.52. The van der Waals surface area contributed by atoms with Crippen LogP contribution in [0.2, 0.25) is 0 Å². The number of rotatable bonds is 4. The molecule has 5 N–H and O–H groups in total. The van der Waals surface area contributed by atoms with Crippen molar-refractivity contribution in [3.63, 3.8) is 0 Å². The summed E-state index contributed by atoms with van der Waals surface area (Å²) in [5, 5.41) is 2.93. The molecule has 0 aliphatic heterocycles. The number of nitrogens with one attached hydrogen (secondary N) is 1. The van der Waals surface area contributed by atoms with Crippen molar-refractivity contribution < 1.29 is 4.79 Å². The van der Waals surface area contributed by atoms with Crippen LogP contribution in [0.15, 0.2) is 24.3 Å². The number of amides is 1. The maximum atomic E-state index is 12.0. The highest BCUT2D eigenvalue weighted by molar-refractivity contribution is 5.86. The van der Waals surface area contributed by atoms with Crippen LogP contribution in [-0.2, 0) is 11.2 Å². The summed E-state index contributed by atoms with van der Waals surface area (Å²) in [5.41, 5.74) is 13.0. The van der Waals surface area contributed by atoms with Crippen LogP contribution in [0.1, 0.15) is 31.2 Å². The Morgan fingerprint density at radius 1 is 1.22 bits per heavy atom. The summed E-state index contributed by atoms with van der Waals surface area (Å²) < 4.78 is 0. The lowest BCUT2D eigenvalue weighted by molar-refractivity contribution is -0.126. The van der Waals surface area contributed by atoms with E-state index in [0.29, 0.717) is 6.54 Å². The fourth-order valence-corrected chi connectivity index (χ4v) is 2.41. The molecule has 0 radical (unpaired) electrons. The maximum Gasteiger partial charge on any atom is 0.240 e. The third-order valence-corrected chi connectivity index (χ3v) is 3.63. The van der Waals surface area contributed by atoms with Gasteiger partial charge in [-0.2, -0.15) is 0 Å². The Morgan fingerprint density at radius 3 is 2.44 bits per heavy atom. The Balaban J connectivity index is 1.78. The van der Waals surface area contributed by atoms with Crippen molar-refractivity contribution in [2.24, 2.45) is 5.73 Å². The van der Waals surface area contributed by atoms with E-state index >= 15 is 0 Å². The van der Waals surface area contributed by atoms with Gasteiger partial charge >= 0.3 is 0 Å². The normalized spacial score (nSPS) is 17.6. The van der Waals surface area contributed by atoms with Crippen molar-refractivity contribution >= 4 is 11.6 Å². The minimum Gasteiger partial charge on any atom is -0.399 e. The van der Waals surface area contributed by atoms with Gasteiger partial charge < -0.3 is 16.8 Å². The summed E-state index contributed by atoms with van der Waals surface area (Å²) in [7, 11) is 0. The Morgan fingerprint density at radius 2 is 1.83 bits per heavy atom. The Labute approximate surface area is 108 Å². The summed E-state index contributed by atoms with van der Waals surface area (Å²) in [6.07, 6.45) is 4.53. The average Bonchev–Trinajstić information content (AvgIpc) is 2.80. The zero-order valence-corrected chi connectivity index (χ0v) is 10.6. The molecule has 1 amide bonds. The molecule has 0 saturated heterocycles. The molecule has 1 aliphatic rings. The molecule has 0 atom stereocenters. The van der Waals surface area contributed by atoms with Crippen LogP contribution in [0, 0.1) is 0 Å². The van der Waals surface area contributed by atoms with E-state index < -0.39 is 5.54 Å². The van der Waals surface area contributed by atoms with Gasteiger partial charge in [0.2, 0.25) is 5.91 Å². The molecular formula is C14H21N3O. The number of anilines is 1. The highest BCUT2D eigenvalue weighted by Gasteiger charge is 2.36. The molecule has 4 nitrogen and oxygen atoms in total. The topological polar surface area (TPSA) is 81.1 Å². The van der Waals surface area contributed by atoms with Gasteiger partial charge in [0.15, 0.2) is 0 Å². The first kappa shape index (κ1) is 12.9. The van der Waals surface area contributed by atoms with Crippen LogP contribution in [0.4, 0.5) is 5.69 Å². The summed E-state index contributed by atoms with van der Waals surface area (Å²) in [5.74, 6) is -0.00422. The van der Waals surface area contributed by atoms with Gasteiger partial charge in [-0.3, -0.25) is 4.79 Å². The lowest BCUT2D eigenvalue weighted by Crippen LogP contribution is -2.52. The van der Waals surface area contributed by atoms with Crippen molar-refractivity contribution in [2.45, 2.75) is 37.6 Å². The van der Waals surface area contributed by atoms with Gasteiger partial charge in [0.25, 0.3) is 0 Å². The SMILES string of the molecule is Nc1ccc(CCNC(=O)C2(N)CCCC2)cc1. The summed E-state index contributed by atoms with van der Waals surface area (Å²) in [6, 6.07) is 7.71. The van der Waals surface area contributed by atoms with Crippen molar-refractivity contribution in [1.82, 2.24) is 5.32 Å². The number of nitrogen functional groups attached to an aromatic ring is 1. The fourth-order valence-electron chi connectivity index (χ4n) is 2.41. The first-order valence-electron chi connectivity index (χ1n) is 6.52. The number of benzene rings is 1. The van der Waals surface area contributed by atoms with Crippen LogP contribution in [0.5, 0.6) is 0 Å². The molecule has 2 rings (SSSR count). The van der Waals surface area contributed by atoms with Crippen LogP contribution in [-0.4, -0.2) is 18.0 Å². The smallest absolute Gasteiger partial charge is 0.240 e. The lowest BCUT2D eigenvalue weighted by atomic mass is 9.98. The minimum absolute atomic E-state index is 0.00422. The van der Waals surface area contributed by atoms with Crippen LogP contribution < -0.4 is 16.8 Å². The van der Waals surface area contributed by atoms with Crippen molar-refractivity contribution in [1.29, 1.82) is 0 Å². The van der Waals surface area contributed by atoms with Crippen molar-refractivity contribution in [3.05, 3.63) is 29.8 Å². The second-order valence-electron chi connectivity index (χ2n) is 5.11. The zero-order chi connectivity index (χ0) is 13.0. The molecule has 0 aromatic heterocycles. The predicted molar refractivity (Wildman–Crippen MR) is 73.0 cm³/mol. The second kappa shape index (κ2) is 5.40. The van der Waals surface area contributed by atoms with Gasteiger partial charge in [0.05, 0.1) is 5.54 Å². The summed E-state index contributed by atoms with van der Waals surface area (Å²) in [6.45, 7) is 0.627. The molecule has 4 heteroatoms.